The molecule has 20 heavy (non-hydrogen) atoms. The molecule has 1 atom stereocenters. The lowest BCUT2D eigenvalue weighted by Crippen LogP contribution is -2.15. The van der Waals surface area contributed by atoms with Crippen LogP contribution in [0.15, 0.2) is 12.4 Å². The molecule has 0 aliphatic rings. The lowest BCUT2D eigenvalue weighted by Gasteiger charge is -2.13. The van der Waals surface area contributed by atoms with Crippen LogP contribution in [-0.2, 0) is 19.5 Å². The second-order valence-electron chi connectivity index (χ2n) is 5.50. The summed E-state index contributed by atoms with van der Waals surface area (Å²) in [5.41, 5.74) is 1.76. The molecule has 1 unspecified atom stereocenters. The summed E-state index contributed by atoms with van der Waals surface area (Å²) < 4.78 is 3.70. The summed E-state index contributed by atoms with van der Waals surface area (Å²) in [6.45, 7) is 9.79. The third-order valence-corrected chi connectivity index (χ3v) is 3.18. The highest BCUT2D eigenvalue weighted by atomic mass is 16.3. The summed E-state index contributed by atoms with van der Waals surface area (Å²) in [6.07, 6.45) is 1.40. The third-order valence-electron chi connectivity index (χ3n) is 3.18. The molecule has 6 heteroatoms. The van der Waals surface area contributed by atoms with Crippen molar-refractivity contribution >= 4 is 0 Å². The van der Waals surface area contributed by atoms with E-state index in [1.54, 1.807) is 6.33 Å². The van der Waals surface area contributed by atoms with Crippen LogP contribution >= 0.6 is 0 Å². The van der Waals surface area contributed by atoms with Crippen molar-refractivity contribution in [3.63, 3.8) is 0 Å². The van der Waals surface area contributed by atoms with Gasteiger partial charge >= 0.3 is 0 Å². The first-order chi connectivity index (χ1) is 9.51. The Morgan fingerprint density at radius 1 is 1.30 bits per heavy atom. The first kappa shape index (κ1) is 14.7. The normalized spacial score (nSPS) is 13.1. The summed E-state index contributed by atoms with van der Waals surface area (Å²) in [6, 6.07) is 1.93. The number of rotatable bonds is 6. The molecule has 0 spiro atoms. The van der Waals surface area contributed by atoms with Gasteiger partial charge in [-0.2, -0.15) is 10.2 Å². The van der Waals surface area contributed by atoms with Crippen molar-refractivity contribution in [1.82, 2.24) is 24.5 Å². The maximum Gasteiger partial charge on any atom is 0.138 e. The first-order valence-electron chi connectivity index (χ1n) is 7.10. The van der Waals surface area contributed by atoms with E-state index in [1.165, 1.54) is 0 Å². The molecule has 6 nitrogen and oxygen atoms in total. The zero-order chi connectivity index (χ0) is 14.7. The molecule has 0 saturated heterocycles. The molecule has 0 fully saturated rings. The molecule has 0 aliphatic carbocycles. The van der Waals surface area contributed by atoms with Gasteiger partial charge in [0.15, 0.2) is 0 Å². The van der Waals surface area contributed by atoms with Gasteiger partial charge in [-0.15, -0.1) is 0 Å². The largest absolute Gasteiger partial charge is 0.386 e. The van der Waals surface area contributed by atoms with E-state index in [0.717, 1.165) is 30.3 Å². The van der Waals surface area contributed by atoms with Crippen molar-refractivity contribution in [3.8, 4) is 0 Å². The molecule has 0 amide bonds. The van der Waals surface area contributed by atoms with Crippen molar-refractivity contribution in [3.05, 3.63) is 29.6 Å². The van der Waals surface area contributed by atoms with E-state index in [1.807, 2.05) is 29.3 Å². The number of aliphatic hydroxyl groups excluding tert-OH is 1. The summed E-state index contributed by atoms with van der Waals surface area (Å²) in [5.74, 6) is 1.31. The molecular formula is C14H23N5O. The zero-order valence-corrected chi connectivity index (χ0v) is 12.6. The molecule has 110 valence electrons. The van der Waals surface area contributed by atoms with Gasteiger partial charge in [-0.25, -0.2) is 9.67 Å². The Hall–Kier alpha value is -1.69. The highest BCUT2D eigenvalue weighted by molar-refractivity contribution is 5.13. The maximum atomic E-state index is 10.4. The van der Waals surface area contributed by atoms with Gasteiger partial charge in [-0.3, -0.25) is 4.68 Å². The highest BCUT2D eigenvalue weighted by Crippen LogP contribution is 2.18. The van der Waals surface area contributed by atoms with Gasteiger partial charge in [0.1, 0.15) is 18.3 Å². The van der Waals surface area contributed by atoms with Crippen LogP contribution in [0.2, 0.25) is 0 Å². The van der Waals surface area contributed by atoms with E-state index in [-0.39, 0.29) is 0 Å². The first-order valence-corrected chi connectivity index (χ1v) is 7.10. The van der Waals surface area contributed by atoms with E-state index in [0.29, 0.717) is 12.3 Å². The lowest BCUT2D eigenvalue weighted by atomic mass is 10.1. The fraction of sp³-hybridized carbons (Fsp3) is 0.643. The van der Waals surface area contributed by atoms with Crippen molar-refractivity contribution < 1.29 is 5.11 Å². The minimum absolute atomic E-state index is 0.456. The van der Waals surface area contributed by atoms with Gasteiger partial charge in [0, 0.05) is 19.5 Å². The maximum absolute atomic E-state index is 10.4. The lowest BCUT2D eigenvalue weighted by molar-refractivity contribution is 0.162. The quantitative estimate of drug-likeness (QED) is 0.873. The van der Waals surface area contributed by atoms with Crippen LogP contribution < -0.4 is 0 Å². The number of aliphatic hydroxyl groups is 1. The van der Waals surface area contributed by atoms with E-state index in [4.69, 9.17) is 0 Å². The van der Waals surface area contributed by atoms with Crippen LogP contribution in [-0.4, -0.2) is 29.7 Å². The summed E-state index contributed by atoms with van der Waals surface area (Å²) >= 11 is 0. The number of hydrogen-bond acceptors (Lipinski definition) is 4. The average molecular weight is 277 g/mol. The van der Waals surface area contributed by atoms with Crippen LogP contribution in [0.4, 0.5) is 0 Å². The van der Waals surface area contributed by atoms with E-state index in [2.05, 4.69) is 29.0 Å². The number of nitrogens with zero attached hydrogens (tertiary/aromatic N) is 5. The Bertz CT molecular complexity index is 558. The molecule has 1 N–H and O–H groups in total. The molecule has 0 aliphatic heterocycles. The van der Waals surface area contributed by atoms with Gasteiger partial charge < -0.3 is 5.11 Å². The predicted molar refractivity (Wildman–Crippen MR) is 76.2 cm³/mol. The fourth-order valence-corrected chi connectivity index (χ4v) is 2.31. The Morgan fingerprint density at radius 3 is 2.70 bits per heavy atom. The monoisotopic (exact) mass is 277 g/mol. The Balaban J connectivity index is 2.15. The molecule has 2 aromatic heterocycles. The van der Waals surface area contributed by atoms with Gasteiger partial charge in [0.05, 0.1) is 11.4 Å². The SMILES string of the molecule is CCn1nc(C)cc1C(O)Cc1ncnn1CC(C)C. The van der Waals surface area contributed by atoms with Gasteiger partial charge in [-0.1, -0.05) is 13.8 Å². The smallest absolute Gasteiger partial charge is 0.138 e. The average Bonchev–Trinajstić information content (AvgIpc) is 2.95. The van der Waals surface area contributed by atoms with Crippen LogP contribution in [0.1, 0.15) is 44.1 Å². The zero-order valence-electron chi connectivity index (χ0n) is 12.6. The molecule has 0 radical (unpaired) electrons. The second-order valence-corrected chi connectivity index (χ2v) is 5.50. The Kier molecular flexibility index (Phi) is 4.54. The number of hydrogen-bond donors (Lipinski definition) is 1. The minimum Gasteiger partial charge on any atom is -0.386 e. The number of aromatic nitrogens is 5. The molecule has 2 aromatic rings. The van der Waals surface area contributed by atoms with E-state index in [9.17, 15) is 5.11 Å². The van der Waals surface area contributed by atoms with Gasteiger partial charge in [0.2, 0.25) is 0 Å². The predicted octanol–water partition coefficient (Wildman–Crippen LogP) is 1.74. The van der Waals surface area contributed by atoms with Crippen molar-refractivity contribution in [2.45, 2.75) is 53.3 Å². The fourth-order valence-electron chi connectivity index (χ4n) is 2.31. The third kappa shape index (κ3) is 3.25. The molecule has 2 rings (SSSR count). The van der Waals surface area contributed by atoms with Crippen molar-refractivity contribution in [2.24, 2.45) is 5.92 Å². The summed E-state index contributed by atoms with van der Waals surface area (Å²) in [7, 11) is 0. The molecule has 0 bridgehead atoms. The summed E-state index contributed by atoms with van der Waals surface area (Å²) in [4.78, 5) is 4.26. The Morgan fingerprint density at radius 2 is 2.05 bits per heavy atom. The standard InChI is InChI=1S/C14H23N5O/c1-5-18-12(6-11(4)17-18)13(20)7-14-15-9-16-19(14)8-10(2)3/h6,9-10,13,20H,5,7-8H2,1-4H3. The Labute approximate surface area is 119 Å². The van der Waals surface area contributed by atoms with Crippen LogP contribution in [0.3, 0.4) is 0 Å². The molecule has 0 aromatic carbocycles. The highest BCUT2D eigenvalue weighted by Gasteiger charge is 2.18. The van der Waals surface area contributed by atoms with Crippen molar-refractivity contribution in [1.29, 1.82) is 0 Å². The molecule has 2 heterocycles. The van der Waals surface area contributed by atoms with Crippen molar-refractivity contribution in [2.75, 3.05) is 0 Å². The van der Waals surface area contributed by atoms with E-state index >= 15 is 0 Å². The van der Waals surface area contributed by atoms with Gasteiger partial charge in [0.25, 0.3) is 0 Å². The van der Waals surface area contributed by atoms with Crippen LogP contribution in [0.25, 0.3) is 0 Å². The molecule has 0 saturated carbocycles. The van der Waals surface area contributed by atoms with Crippen LogP contribution in [0.5, 0.6) is 0 Å². The molecular weight excluding hydrogens is 254 g/mol. The second kappa shape index (κ2) is 6.17. The topological polar surface area (TPSA) is 68.8 Å². The summed E-state index contributed by atoms with van der Waals surface area (Å²) in [5, 5.41) is 19.0. The van der Waals surface area contributed by atoms with E-state index < -0.39 is 6.10 Å². The van der Waals surface area contributed by atoms with Crippen LogP contribution in [0, 0.1) is 12.8 Å². The number of aryl methyl sites for hydroxylation is 2. The van der Waals surface area contributed by atoms with Gasteiger partial charge in [-0.05, 0) is 25.8 Å². The minimum atomic E-state index is -0.605.